The van der Waals surface area contributed by atoms with Crippen molar-refractivity contribution in [1.29, 1.82) is 0 Å². The second kappa shape index (κ2) is 7.99. The fourth-order valence-corrected chi connectivity index (χ4v) is 2.91. The highest BCUT2D eigenvalue weighted by Crippen LogP contribution is 2.33. The van der Waals surface area contributed by atoms with Gasteiger partial charge in [-0.15, -0.1) is 0 Å². The Balaban J connectivity index is 3.03. The number of hydrogen-bond acceptors (Lipinski definition) is 6. The maximum absolute atomic E-state index is 11.9. The van der Waals surface area contributed by atoms with Gasteiger partial charge in [-0.3, -0.25) is 0 Å². The molecule has 0 radical (unpaired) electrons. The summed E-state index contributed by atoms with van der Waals surface area (Å²) in [6.07, 6.45) is 1.23. The minimum atomic E-state index is -3.87. The SMILES string of the molecule is CCc1cccc(OS(=O)(=O)C[C@@H](C)C=O)c1OCOC. The minimum absolute atomic E-state index is 0.0157. The van der Waals surface area contributed by atoms with E-state index in [9.17, 15) is 13.2 Å². The fourth-order valence-electron chi connectivity index (χ4n) is 1.72. The Bertz CT molecular complexity index is 567. The van der Waals surface area contributed by atoms with Gasteiger partial charge >= 0.3 is 10.1 Å². The number of ether oxygens (including phenoxy) is 2. The number of aldehydes is 1. The summed E-state index contributed by atoms with van der Waals surface area (Å²) >= 11 is 0. The first-order chi connectivity index (χ1) is 9.93. The van der Waals surface area contributed by atoms with Crippen LogP contribution in [-0.2, 0) is 26.1 Å². The Hall–Kier alpha value is -1.60. The monoisotopic (exact) mass is 316 g/mol. The normalized spacial score (nSPS) is 12.7. The number of carbonyl (C=O) groups excluding carboxylic acids is 1. The van der Waals surface area contributed by atoms with Gasteiger partial charge in [0, 0.05) is 13.0 Å². The van der Waals surface area contributed by atoms with Crippen molar-refractivity contribution in [3.05, 3.63) is 23.8 Å². The Labute approximate surface area is 125 Å². The van der Waals surface area contributed by atoms with E-state index in [-0.39, 0.29) is 18.3 Å². The van der Waals surface area contributed by atoms with Crippen molar-refractivity contribution in [3.8, 4) is 11.5 Å². The summed E-state index contributed by atoms with van der Waals surface area (Å²) in [5.41, 5.74) is 0.809. The van der Waals surface area contributed by atoms with Crippen molar-refractivity contribution in [3.63, 3.8) is 0 Å². The van der Waals surface area contributed by atoms with Crippen LogP contribution in [0, 0.1) is 5.92 Å². The van der Waals surface area contributed by atoms with E-state index < -0.39 is 16.0 Å². The average Bonchev–Trinajstić information content (AvgIpc) is 2.44. The third kappa shape index (κ3) is 5.35. The van der Waals surface area contributed by atoms with Crippen LogP contribution in [0.3, 0.4) is 0 Å². The van der Waals surface area contributed by atoms with Crippen LogP contribution in [0.15, 0.2) is 18.2 Å². The molecule has 0 N–H and O–H groups in total. The van der Waals surface area contributed by atoms with E-state index in [0.717, 1.165) is 5.56 Å². The lowest BCUT2D eigenvalue weighted by Gasteiger charge is -2.15. The molecular formula is C14H20O6S. The van der Waals surface area contributed by atoms with Crippen molar-refractivity contribution in [1.82, 2.24) is 0 Å². The third-order valence-corrected chi connectivity index (χ3v) is 4.05. The van der Waals surface area contributed by atoms with Crippen LogP contribution in [0.4, 0.5) is 0 Å². The van der Waals surface area contributed by atoms with Crippen LogP contribution in [0.5, 0.6) is 11.5 Å². The highest BCUT2D eigenvalue weighted by molar-refractivity contribution is 7.87. The van der Waals surface area contributed by atoms with Gasteiger partial charge in [-0.25, -0.2) is 0 Å². The van der Waals surface area contributed by atoms with Gasteiger partial charge in [-0.2, -0.15) is 8.42 Å². The molecule has 0 amide bonds. The number of rotatable bonds is 9. The lowest BCUT2D eigenvalue weighted by Crippen LogP contribution is -2.20. The molecule has 0 fully saturated rings. The zero-order chi connectivity index (χ0) is 15.9. The zero-order valence-electron chi connectivity index (χ0n) is 12.4. The van der Waals surface area contributed by atoms with Crippen LogP contribution in [0.1, 0.15) is 19.4 Å². The van der Waals surface area contributed by atoms with Crippen LogP contribution >= 0.6 is 0 Å². The maximum atomic E-state index is 11.9. The lowest BCUT2D eigenvalue weighted by atomic mass is 10.1. The zero-order valence-corrected chi connectivity index (χ0v) is 13.2. The van der Waals surface area contributed by atoms with Gasteiger partial charge in [0.25, 0.3) is 0 Å². The van der Waals surface area contributed by atoms with Crippen molar-refractivity contribution < 1.29 is 26.9 Å². The summed E-state index contributed by atoms with van der Waals surface area (Å²) < 4.78 is 39.2. The van der Waals surface area contributed by atoms with Crippen molar-refractivity contribution in [2.45, 2.75) is 20.3 Å². The predicted molar refractivity (Wildman–Crippen MR) is 78.0 cm³/mol. The second-order valence-electron chi connectivity index (χ2n) is 4.57. The van der Waals surface area contributed by atoms with Gasteiger partial charge in [-0.05, 0) is 18.1 Å². The Morgan fingerprint density at radius 2 is 2.05 bits per heavy atom. The van der Waals surface area contributed by atoms with Gasteiger partial charge in [0.05, 0.1) is 5.75 Å². The summed E-state index contributed by atoms with van der Waals surface area (Å²) in [4.78, 5) is 10.6. The van der Waals surface area contributed by atoms with E-state index in [2.05, 4.69) is 0 Å². The third-order valence-electron chi connectivity index (χ3n) is 2.68. The molecule has 0 heterocycles. The number of para-hydroxylation sites is 1. The molecule has 21 heavy (non-hydrogen) atoms. The molecule has 0 bridgehead atoms. The Morgan fingerprint density at radius 3 is 2.62 bits per heavy atom. The molecule has 0 aliphatic carbocycles. The highest BCUT2D eigenvalue weighted by atomic mass is 32.2. The van der Waals surface area contributed by atoms with E-state index in [1.54, 1.807) is 6.07 Å². The number of benzene rings is 1. The van der Waals surface area contributed by atoms with Gasteiger partial charge in [0.2, 0.25) is 0 Å². The molecule has 0 aliphatic heterocycles. The molecule has 0 spiro atoms. The topological polar surface area (TPSA) is 78.9 Å². The lowest BCUT2D eigenvalue weighted by molar-refractivity contribution is -0.110. The summed E-state index contributed by atoms with van der Waals surface area (Å²) in [7, 11) is -2.40. The summed E-state index contributed by atoms with van der Waals surface area (Å²) in [6.45, 7) is 3.42. The van der Waals surface area contributed by atoms with Gasteiger partial charge in [-0.1, -0.05) is 26.0 Å². The molecule has 1 rings (SSSR count). The first-order valence-electron chi connectivity index (χ1n) is 6.54. The molecule has 118 valence electrons. The van der Waals surface area contributed by atoms with E-state index >= 15 is 0 Å². The van der Waals surface area contributed by atoms with Crippen molar-refractivity contribution >= 4 is 16.4 Å². The standard InChI is InChI=1S/C14H20O6S/c1-4-12-6-5-7-13(14(12)19-10-18-3)20-21(16,17)9-11(2)8-15/h5-8,11H,4,9-10H2,1-3H3/t11-/m0/s1. The predicted octanol–water partition coefficient (Wildman–Crippen LogP) is 1.78. The molecule has 0 unspecified atom stereocenters. The quantitative estimate of drug-likeness (QED) is 0.392. The van der Waals surface area contributed by atoms with Crippen LogP contribution < -0.4 is 8.92 Å². The number of methoxy groups -OCH3 is 1. The Morgan fingerprint density at radius 1 is 1.33 bits per heavy atom. The Kier molecular flexibility index (Phi) is 6.64. The van der Waals surface area contributed by atoms with Gasteiger partial charge < -0.3 is 18.5 Å². The molecule has 0 aromatic heterocycles. The number of aryl methyl sites for hydroxylation is 1. The number of carbonyl (C=O) groups is 1. The molecular weight excluding hydrogens is 296 g/mol. The van der Waals surface area contributed by atoms with Crippen LogP contribution in [0.25, 0.3) is 0 Å². The van der Waals surface area contributed by atoms with Crippen LogP contribution in [0.2, 0.25) is 0 Å². The first kappa shape index (κ1) is 17.5. The van der Waals surface area contributed by atoms with E-state index in [4.69, 9.17) is 13.7 Å². The molecule has 0 saturated heterocycles. The molecule has 1 aromatic rings. The molecule has 7 heteroatoms. The van der Waals surface area contributed by atoms with Gasteiger partial charge in [0.15, 0.2) is 18.3 Å². The fraction of sp³-hybridized carbons (Fsp3) is 0.500. The maximum Gasteiger partial charge on any atom is 0.310 e. The smallest absolute Gasteiger partial charge is 0.310 e. The van der Waals surface area contributed by atoms with E-state index in [1.807, 2.05) is 13.0 Å². The van der Waals surface area contributed by atoms with E-state index in [0.29, 0.717) is 18.5 Å². The summed E-state index contributed by atoms with van der Waals surface area (Å²) in [6, 6.07) is 5.01. The average molecular weight is 316 g/mol. The first-order valence-corrected chi connectivity index (χ1v) is 8.12. The number of hydrogen-bond donors (Lipinski definition) is 0. The van der Waals surface area contributed by atoms with Crippen LogP contribution in [-0.4, -0.2) is 34.4 Å². The summed E-state index contributed by atoms with van der Waals surface area (Å²) in [5, 5.41) is 0. The molecule has 6 nitrogen and oxygen atoms in total. The molecule has 0 aliphatic rings. The van der Waals surface area contributed by atoms with Crippen molar-refractivity contribution in [2.75, 3.05) is 19.7 Å². The molecule has 1 aromatic carbocycles. The van der Waals surface area contributed by atoms with Crippen molar-refractivity contribution in [2.24, 2.45) is 5.92 Å². The second-order valence-corrected chi connectivity index (χ2v) is 6.19. The molecule has 1 atom stereocenters. The van der Waals surface area contributed by atoms with Gasteiger partial charge in [0.1, 0.15) is 6.29 Å². The largest absolute Gasteiger partial charge is 0.463 e. The highest BCUT2D eigenvalue weighted by Gasteiger charge is 2.21. The van der Waals surface area contributed by atoms with E-state index in [1.165, 1.54) is 20.1 Å². The summed E-state index contributed by atoms with van der Waals surface area (Å²) in [5.74, 6) is -0.572. The minimum Gasteiger partial charge on any atom is -0.463 e. The molecule has 0 saturated carbocycles.